The van der Waals surface area contributed by atoms with Crippen molar-refractivity contribution < 1.29 is 32.2 Å². The number of ether oxygens (including phenoxy) is 1. The van der Waals surface area contributed by atoms with Crippen LogP contribution in [0.3, 0.4) is 0 Å². The molecule has 1 aliphatic carbocycles. The van der Waals surface area contributed by atoms with E-state index >= 15 is 0 Å². The first-order valence-corrected chi connectivity index (χ1v) is 8.12. The first-order valence-electron chi connectivity index (χ1n) is 8.12. The Kier molecular flexibility index (Phi) is 5.39. The van der Waals surface area contributed by atoms with Gasteiger partial charge in [0.25, 0.3) is 0 Å². The first-order chi connectivity index (χ1) is 12.5. The van der Waals surface area contributed by atoms with Gasteiger partial charge in [-0.2, -0.15) is 5.26 Å². The number of halogens is 4. The lowest BCUT2D eigenvalue weighted by Gasteiger charge is -2.13. The molecular formula is C19H19F4NO3. The third kappa shape index (κ3) is 3.00. The molecule has 0 spiro atoms. The molecule has 2 unspecified atom stereocenters. The third-order valence-electron chi connectivity index (χ3n) is 5.52. The number of aliphatic carboxylic acids is 1. The Morgan fingerprint density at radius 2 is 1.67 bits per heavy atom. The second kappa shape index (κ2) is 6.97. The van der Waals surface area contributed by atoms with E-state index < -0.39 is 70.1 Å². The van der Waals surface area contributed by atoms with E-state index in [9.17, 15) is 27.5 Å². The van der Waals surface area contributed by atoms with Gasteiger partial charge < -0.3 is 9.84 Å². The second-order valence-electron chi connectivity index (χ2n) is 7.24. The molecule has 0 aromatic heterocycles. The van der Waals surface area contributed by atoms with Crippen molar-refractivity contribution in [2.75, 3.05) is 7.11 Å². The van der Waals surface area contributed by atoms with Crippen LogP contribution in [0, 0.1) is 51.3 Å². The van der Waals surface area contributed by atoms with E-state index in [1.807, 2.05) is 6.07 Å². The molecule has 0 aliphatic heterocycles. The SMILES string of the molecule is COCc1c(F)c(F)c(CC2C(C)(C)C2(C=C(C)C#N)C(=O)O)c(F)c1F. The van der Waals surface area contributed by atoms with Crippen molar-refractivity contribution in [3.05, 3.63) is 46.0 Å². The van der Waals surface area contributed by atoms with Crippen molar-refractivity contribution >= 4 is 5.97 Å². The molecule has 0 bridgehead atoms. The molecule has 27 heavy (non-hydrogen) atoms. The normalized spacial score (nSPS) is 23.8. The molecule has 0 amide bonds. The number of rotatable bonds is 6. The highest BCUT2D eigenvalue weighted by molar-refractivity contribution is 5.84. The van der Waals surface area contributed by atoms with Crippen molar-refractivity contribution in [3.63, 3.8) is 0 Å². The van der Waals surface area contributed by atoms with Crippen molar-refractivity contribution in [2.45, 2.75) is 33.8 Å². The summed E-state index contributed by atoms with van der Waals surface area (Å²) in [6, 6.07) is 1.82. The van der Waals surface area contributed by atoms with Crippen LogP contribution >= 0.6 is 0 Å². The Labute approximate surface area is 154 Å². The summed E-state index contributed by atoms with van der Waals surface area (Å²) < 4.78 is 61.6. The highest BCUT2D eigenvalue weighted by Crippen LogP contribution is 2.71. The molecule has 1 aromatic carbocycles. The molecule has 146 valence electrons. The standard InChI is InChI=1S/C19H19F4NO3/c1-9(7-24)6-19(17(25)26)12(18(19,2)3)5-10-13(20)15(22)11(8-27-4)16(23)14(10)21/h6,12H,5,8H2,1-4H3,(H,25,26). The number of allylic oxidation sites excluding steroid dienone is 1. The fraction of sp³-hybridized carbons (Fsp3) is 0.474. The number of hydrogen-bond donors (Lipinski definition) is 1. The van der Waals surface area contributed by atoms with Crippen LogP contribution < -0.4 is 0 Å². The minimum Gasteiger partial charge on any atom is -0.481 e. The summed E-state index contributed by atoms with van der Waals surface area (Å²) in [5.41, 5.74) is -4.13. The van der Waals surface area contributed by atoms with Crippen molar-refractivity contribution in [1.82, 2.24) is 0 Å². The fourth-order valence-electron chi connectivity index (χ4n) is 3.85. The summed E-state index contributed by atoms with van der Waals surface area (Å²) >= 11 is 0. The van der Waals surface area contributed by atoms with Gasteiger partial charge in [0.1, 0.15) is 0 Å². The Balaban J connectivity index is 2.55. The topological polar surface area (TPSA) is 70.3 Å². The number of nitrogens with zero attached hydrogens (tertiary/aromatic N) is 1. The van der Waals surface area contributed by atoms with Gasteiger partial charge in [0.15, 0.2) is 23.3 Å². The van der Waals surface area contributed by atoms with E-state index in [1.165, 1.54) is 13.0 Å². The Bertz CT molecular complexity index is 844. The number of hydrogen-bond acceptors (Lipinski definition) is 3. The second-order valence-corrected chi connectivity index (χ2v) is 7.24. The lowest BCUT2D eigenvalue weighted by molar-refractivity contribution is -0.143. The number of carboxylic acids is 1. The van der Waals surface area contributed by atoms with Gasteiger partial charge in [0.2, 0.25) is 0 Å². The zero-order valence-electron chi connectivity index (χ0n) is 15.3. The molecule has 1 fully saturated rings. The summed E-state index contributed by atoms with van der Waals surface area (Å²) in [5.74, 6) is -8.39. The number of benzene rings is 1. The van der Waals surface area contributed by atoms with Crippen LogP contribution in [0.15, 0.2) is 11.6 Å². The van der Waals surface area contributed by atoms with Gasteiger partial charge in [0.05, 0.1) is 23.7 Å². The van der Waals surface area contributed by atoms with E-state index in [0.717, 1.165) is 7.11 Å². The molecule has 2 atom stereocenters. The van der Waals surface area contributed by atoms with Gasteiger partial charge in [0, 0.05) is 18.2 Å². The zero-order chi connectivity index (χ0) is 20.7. The Morgan fingerprint density at radius 1 is 1.19 bits per heavy atom. The van der Waals surface area contributed by atoms with Crippen LogP contribution in [-0.2, 0) is 22.6 Å². The summed E-state index contributed by atoms with van der Waals surface area (Å²) in [6.45, 7) is 3.89. The lowest BCUT2D eigenvalue weighted by atomic mass is 9.93. The minimum atomic E-state index is -1.57. The maximum Gasteiger partial charge on any atom is 0.314 e. The maximum atomic E-state index is 14.4. The van der Waals surface area contributed by atoms with Gasteiger partial charge in [-0.15, -0.1) is 0 Å². The molecule has 4 nitrogen and oxygen atoms in total. The molecular weight excluding hydrogens is 366 g/mol. The smallest absolute Gasteiger partial charge is 0.314 e. The van der Waals surface area contributed by atoms with Crippen LogP contribution in [0.4, 0.5) is 17.6 Å². The molecule has 1 aromatic rings. The predicted molar refractivity (Wildman–Crippen MR) is 87.4 cm³/mol. The van der Waals surface area contributed by atoms with E-state index in [-0.39, 0.29) is 5.57 Å². The number of carboxylic acid groups (broad SMARTS) is 1. The molecule has 0 saturated heterocycles. The van der Waals surface area contributed by atoms with E-state index in [1.54, 1.807) is 13.8 Å². The zero-order valence-corrected chi connectivity index (χ0v) is 15.3. The first kappa shape index (κ1) is 20.9. The van der Waals surface area contributed by atoms with E-state index in [0.29, 0.717) is 0 Å². The molecule has 0 heterocycles. The summed E-state index contributed by atoms with van der Waals surface area (Å²) in [6.07, 6.45) is 0.703. The largest absolute Gasteiger partial charge is 0.481 e. The number of carbonyl (C=O) groups is 1. The van der Waals surface area contributed by atoms with Gasteiger partial charge in [-0.05, 0) is 24.7 Å². The summed E-state index contributed by atoms with van der Waals surface area (Å²) in [4.78, 5) is 11.9. The highest BCUT2D eigenvalue weighted by Gasteiger charge is 2.74. The van der Waals surface area contributed by atoms with Gasteiger partial charge >= 0.3 is 5.97 Å². The summed E-state index contributed by atoms with van der Waals surface area (Å²) in [7, 11) is 1.13. The summed E-state index contributed by atoms with van der Waals surface area (Å²) in [5, 5.41) is 18.6. The molecule has 8 heteroatoms. The molecule has 1 aliphatic rings. The Morgan fingerprint density at radius 3 is 2.07 bits per heavy atom. The number of nitriles is 1. The Hall–Kier alpha value is -2.40. The van der Waals surface area contributed by atoms with Crippen molar-refractivity contribution in [3.8, 4) is 6.07 Å². The lowest BCUT2D eigenvalue weighted by Crippen LogP contribution is -2.20. The van der Waals surface area contributed by atoms with Crippen molar-refractivity contribution in [2.24, 2.45) is 16.7 Å². The van der Waals surface area contributed by atoms with Gasteiger partial charge in [-0.1, -0.05) is 19.9 Å². The van der Waals surface area contributed by atoms with Gasteiger partial charge in [-0.25, -0.2) is 17.6 Å². The predicted octanol–water partition coefficient (Wildman–Crippen LogP) is 4.13. The van der Waals surface area contributed by atoms with Crippen LogP contribution in [0.1, 0.15) is 31.9 Å². The van der Waals surface area contributed by atoms with Crippen molar-refractivity contribution in [1.29, 1.82) is 5.26 Å². The number of methoxy groups -OCH3 is 1. The third-order valence-corrected chi connectivity index (χ3v) is 5.52. The van der Waals surface area contributed by atoms with Crippen LogP contribution in [0.2, 0.25) is 0 Å². The molecule has 0 radical (unpaired) electrons. The highest BCUT2D eigenvalue weighted by atomic mass is 19.2. The molecule has 2 rings (SSSR count). The monoisotopic (exact) mass is 385 g/mol. The minimum absolute atomic E-state index is 0.127. The van der Waals surface area contributed by atoms with Crippen LogP contribution in [0.25, 0.3) is 0 Å². The maximum absolute atomic E-state index is 14.4. The average Bonchev–Trinajstić information content (AvgIpc) is 3.08. The molecule has 1 saturated carbocycles. The quantitative estimate of drug-likeness (QED) is 0.454. The van der Waals surface area contributed by atoms with Crippen LogP contribution in [-0.4, -0.2) is 18.2 Å². The van der Waals surface area contributed by atoms with Gasteiger partial charge in [-0.3, -0.25) is 4.79 Å². The molecule has 1 N–H and O–H groups in total. The van der Waals surface area contributed by atoms with E-state index in [4.69, 9.17) is 5.26 Å². The fourth-order valence-corrected chi connectivity index (χ4v) is 3.85. The van der Waals surface area contributed by atoms with Crippen LogP contribution in [0.5, 0.6) is 0 Å². The average molecular weight is 385 g/mol. The van der Waals surface area contributed by atoms with E-state index in [2.05, 4.69) is 4.74 Å².